The van der Waals surface area contributed by atoms with Gasteiger partial charge in [0.15, 0.2) is 0 Å². The van der Waals surface area contributed by atoms with Gasteiger partial charge in [-0.1, -0.05) is 5.21 Å². The van der Waals surface area contributed by atoms with Crippen LogP contribution in [-0.4, -0.2) is 43.9 Å². The molecular formula is C17H20N6OS. The Balaban J connectivity index is 1.36. The van der Waals surface area contributed by atoms with Crippen LogP contribution in [0.4, 0.5) is 0 Å². The highest BCUT2D eigenvalue weighted by Gasteiger charge is 2.24. The first-order chi connectivity index (χ1) is 12.2. The van der Waals surface area contributed by atoms with Gasteiger partial charge < -0.3 is 10.6 Å². The molecule has 1 amide bonds. The Kier molecular flexibility index (Phi) is 4.46. The number of piperidine rings is 1. The summed E-state index contributed by atoms with van der Waals surface area (Å²) in [6, 6.07) is 5.75. The lowest BCUT2D eigenvalue weighted by molar-refractivity contribution is 0.0681. The number of nitrogens with zero attached hydrogens (tertiary/aromatic N) is 5. The van der Waals surface area contributed by atoms with Gasteiger partial charge in [-0.25, -0.2) is 4.98 Å². The molecule has 7 nitrogen and oxygen atoms in total. The fourth-order valence-corrected chi connectivity index (χ4v) is 3.99. The summed E-state index contributed by atoms with van der Waals surface area (Å²) in [7, 11) is 0. The van der Waals surface area contributed by atoms with Crippen molar-refractivity contribution >= 4 is 27.5 Å². The summed E-state index contributed by atoms with van der Waals surface area (Å²) in [5.41, 5.74) is 9.89. The zero-order chi connectivity index (χ0) is 17.2. The van der Waals surface area contributed by atoms with E-state index in [1.54, 1.807) is 11.3 Å². The molecule has 1 aliphatic rings. The van der Waals surface area contributed by atoms with Crippen molar-refractivity contribution in [3.8, 4) is 0 Å². The summed E-state index contributed by atoms with van der Waals surface area (Å²) in [6.45, 7) is 2.81. The van der Waals surface area contributed by atoms with Gasteiger partial charge in [0.2, 0.25) is 0 Å². The predicted octanol–water partition coefficient (Wildman–Crippen LogP) is 1.90. The van der Waals surface area contributed by atoms with Gasteiger partial charge in [0.25, 0.3) is 5.91 Å². The summed E-state index contributed by atoms with van der Waals surface area (Å²) in [4.78, 5) is 19.0. The molecule has 1 aromatic carbocycles. The normalized spacial score (nSPS) is 15.8. The fraction of sp³-hybridized carbons (Fsp3) is 0.412. The van der Waals surface area contributed by atoms with Gasteiger partial charge in [-0.05, 0) is 37.0 Å². The lowest BCUT2D eigenvalue weighted by Gasteiger charge is -2.32. The van der Waals surface area contributed by atoms with Crippen molar-refractivity contribution in [2.24, 2.45) is 11.7 Å². The first-order valence-corrected chi connectivity index (χ1v) is 9.32. The maximum absolute atomic E-state index is 12.7. The molecule has 4 rings (SSSR count). The van der Waals surface area contributed by atoms with Crippen LogP contribution in [0.3, 0.4) is 0 Å². The lowest BCUT2D eigenvalue weighted by Crippen LogP contribution is -2.39. The second-order valence-corrected chi connectivity index (χ2v) is 7.29. The Morgan fingerprint density at radius 3 is 2.92 bits per heavy atom. The van der Waals surface area contributed by atoms with Crippen molar-refractivity contribution in [3.63, 3.8) is 0 Å². The Morgan fingerprint density at radius 2 is 2.16 bits per heavy atom. The van der Waals surface area contributed by atoms with Gasteiger partial charge in [0.05, 0.1) is 21.4 Å². The first kappa shape index (κ1) is 16.2. The average molecular weight is 356 g/mol. The Hall–Kier alpha value is -2.32. The van der Waals surface area contributed by atoms with E-state index in [4.69, 9.17) is 5.73 Å². The van der Waals surface area contributed by atoms with Gasteiger partial charge in [-0.3, -0.25) is 9.48 Å². The second kappa shape index (κ2) is 6.89. The van der Waals surface area contributed by atoms with Crippen molar-refractivity contribution in [1.82, 2.24) is 24.9 Å². The molecule has 1 saturated heterocycles. The molecule has 0 bridgehead atoms. The monoisotopic (exact) mass is 356 g/mol. The number of fused-ring (bicyclic) bond motifs is 1. The average Bonchev–Trinajstić information content (AvgIpc) is 3.30. The highest BCUT2D eigenvalue weighted by atomic mass is 32.1. The highest BCUT2D eigenvalue weighted by Crippen LogP contribution is 2.23. The summed E-state index contributed by atoms with van der Waals surface area (Å²) < 4.78 is 2.92. The van der Waals surface area contributed by atoms with E-state index in [1.807, 2.05) is 39.5 Å². The van der Waals surface area contributed by atoms with E-state index in [0.29, 0.717) is 12.5 Å². The molecule has 3 heterocycles. The first-order valence-electron chi connectivity index (χ1n) is 8.44. The van der Waals surface area contributed by atoms with E-state index in [9.17, 15) is 4.79 Å². The van der Waals surface area contributed by atoms with E-state index < -0.39 is 0 Å². The standard InChI is InChI=1S/C17H20N6OS/c18-8-14-10-23(21-20-14)9-12-3-5-22(6-4-12)17(24)13-1-2-15-16(7-13)25-11-19-15/h1-2,7,10-12H,3-6,8-9,18H2. The largest absolute Gasteiger partial charge is 0.339 e. The van der Waals surface area contributed by atoms with Crippen LogP contribution in [0.15, 0.2) is 29.9 Å². The molecule has 0 saturated carbocycles. The predicted molar refractivity (Wildman–Crippen MR) is 96.2 cm³/mol. The second-order valence-electron chi connectivity index (χ2n) is 6.41. The van der Waals surface area contributed by atoms with Crippen molar-refractivity contribution in [3.05, 3.63) is 41.2 Å². The number of nitrogens with two attached hydrogens (primary N) is 1. The number of rotatable bonds is 4. The number of amides is 1. The number of likely N-dealkylation sites (tertiary alicyclic amines) is 1. The summed E-state index contributed by atoms with van der Waals surface area (Å²) >= 11 is 1.56. The number of hydrogen-bond acceptors (Lipinski definition) is 6. The van der Waals surface area contributed by atoms with Crippen LogP contribution in [-0.2, 0) is 13.1 Å². The van der Waals surface area contributed by atoms with Crippen LogP contribution in [0, 0.1) is 5.92 Å². The molecule has 2 aromatic heterocycles. The number of aromatic nitrogens is 4. The molecule has 0 aliphatic carbocycles. The zero-order valence-electron chi connectivity index (χ0n) is 13.8. The molecule has 3 aromatic rings. The van der Waals surface area contributed by atoms with Crippen molar-refractivity contribution < 1.29 is 4.79 Å². The lowest BCUT2D eigenvalue weighted by atomic mass is 9.96. The molecule has 8 heteroatoms. The van der Waals surface area contributed by atoms with Gasteiger partial charge >= 0.3 is 0 Å². The van der Waals surface area contributed by atoms with Crippen LogP contribution in [0.25, 0.3) is 10.2 Å². The summed E-state index contributed by atoms with van der Waals surface area (Å²) in [5.74, 6) is 0.625. The molecular weight excluding hydrogens is 336 g/mol. The molecule has 0 spiro atoms. The molecule has 1 aliphatic heterocycles. The molecule has 2 N–H and O–H groups in total. The van der Waals surface area contributed by atoms with E-state index in [1.165, 1.54) is 0 Å². The Morgan fingerprint density at radius 1 is 1.32 bits per heavy atom. The number of carbonyl (C=O) groups is 1. The third-order valence-corrected chi connectivity index (χ3v) is 5.51. The summed E-state index contributed by atoms with van der Waals surface area (Å²) in [5, 5.41) is 8.13. The quantitative estimate of drug-likeness (QED) is 0.771. The third kappa shape index (κ3) is 3.40. The minimum Gasteiger partial charge on any atom is -0.339 e. The number of hydrogen-bond donors (Lipinski definition) is 1. The van der Waals surface area contributed by atoms with Crippen LogP contribution in [0.2, 0.25) is 0 Å². The van der Waals surface area contributed by atoms with Crippen molar-refractivity contribution in [1.29, 1.82) is 0 Å². The number of thiazole rings is 1. The van der Waals surface area contributed by atoms with E-state index in [-0.39, 0.29) is 5.91 Å². The smallest absolute Gasteiger partial charge is 0.253 e. The molecule has 0 atom stereocenters. The Bertz CT molecular complexity index is 880. The molecule has 25 heavy (non-hydrogen) atoms. The Labute approximate surface area is 149 Å². The minimum absolute atomic E-state index is 0.111. The maximum atomic E-state index is 12.7. The molecule has 1 fully saturated rings. The maximum Gasteiger partial charge on any atom is 0.253 e. The van der Waals surface area contributed by atoms with Crippen LogP contribution < -0.4 is 5.73 Å². The van der Waals surface area contributed by atoms with Gasteiger partial charge in [0.1, 0.15) is 0 Å². The van der Waals surface area contributed by atoms with Gasteiger partial charge in [-0.2, -0.15) is 0 Å². The van der Waals surface area contributed by atoms with Crippen molar-refractivity contribution in [2.75, 3.05) is 13.1 Å². The van der Waals surface area contributed by atoms with Crippen LogP contribution in [0.1, 0.15) is 28.9 Å². The van der Waals surface area contributed by atoms with Crippen molar-refractivity contribution in [2.45, 2.75) is 25.9 Å². The van der Waals surface area contributed by atoms with E-state index in [0.717, 1.165) is 53.9 Å². The van der Waals surface area contributed by atoms with E-state index in [2.05, 4.69) is 15.3 Å². The fourth-order valence-electron chi connectivity index (χ4n) is 3.28. The van der Waals surface area contributed by atoms with Crippen LogP contribution >= 0.6 is 11.3 Å². The van der Waals surface area contributed by atoms with Crippen LogP contribution in [0.5, 0.6) is 0 Å². The minimum atomic E-state index is 0.111. The molecule has 0 unspecified atom stereocenters. The van der Waals surface area contributed by atoms with Gasteiger partial charge in [-0.15, -0.1) is 16.4 Å². The number of benzene rings is 1. The number of carbonyl (C=O) groups excluding carboxylic acids is 1. The SMILES string of the molecule is NCc1cn(CC2CCN(C(=O)c3ccc4ncsc4c3)CC2)nn1. The van der Waals surface area contributed by atoms with E-state index >= 15 is 0 Å². The zero-order valence-corrected chi connectivity index (χ0v) is 14.7. The topological polar surface area (TPSA) is 89.9 Å². The van der Waals surface area contributed by atoms with Gasteiger partial charge in [0, 0.05) is 37.9 Å². The molecule has 130 valence electrons. The molecule has 0 radical (unpaired) electrons. The summed E-state index contributed by atoms with van der Waals surface area (Å²) in [6.07, 6.45) is 3.86. The highest BCUT2D eigenvalue weighted by molar-refractivity contribution is 7.16. The third-order valence-electron chi connectivity index (χ3n) is 4.72.